The van der Waals surface area contributed by atoms with Gasteiger partial charge in [0, 0.05) is 19.0 Å². The first-order chi connectivity index (χ1) is 7.64. The topological polar surface area (TPSA) is 20.3 Å². The SMILES string of the molecule is CCCCN(CCCl)C(=O)C1(C)CCCS1. The standard InChI is InChI=1S/C12H22ClNOS/c1-3-4-8-14(9-7-13)11(15)12(2)6-5-10-16-12/h3-10H2,1-2H3. The van der Waals surface area contributed by atoms with E-state index >= 15 is 0 Å². The largest absolute Gasteiger partial charge is 0.340 e. The number of thioether (sulfide) groups is 1. The molecule has 0 saturated carbocycles. The molecule has 0 aromatic carbocycles. The van der Waals surface area contributed by atoms with E-state index in [-0.39, 0.29) is 4.75 Å². The molecule has 1 aliphatic rings. The van der Waals surface area contributed by atoms with Crippen LogP contribution in [0.2, 0.25) is 0 Å². The number of carbonyl (C=O) groups is 1. The van der Waals surface area contributed by atoms with Gasteiger partial charge in [0.25, 0.3) is 0 Å². The van der Waals surface area contributed by atoms with E-state index in [0.717, 1.165) is 38.0 Å². The van der Waals surface area contributed by atoms with Crippen LogP contribution in [-0.2, 0) is 4.79 Å². The Morgan fingerprint density at radius 2 is 2.25 bits per heavy atom. The highest BCUT2D eigenvalue weighted by molar-refractivity contribution is 8.01. The van der Waals surface area contributed by atoms with Crippen molar-refractivity contribution in [3.8, 4) is 0 Å². The Labute approximate surface area is 108 Å². The minimum absolute atomic E-state index is 0.181. The molecular weight excluding hydrogens is 242 g/mol. The first-order valence-electron chi connectivity index (χ1n) is 6.13. The van der Waals surface area contributed by atoms with Crippen LogP contribution in [0.15, 0.2) is 0 Å². The van der Waals surface area contributed by atoms with Gasteiger partial charge in [-0.2, -0.15) is 0 Å². The van der Waals surface area contributed by atoms with E-state index in [1.165, 1.54) is 0 Å². The van der Waals surface area contributed by atoms with Gasteiger partial charge in [-0.15, -0.1) is 23.4 Å². The second-order valence-electron chi connectivity index (χ2n) is 4.52. The Balaban J connectivity index is 2.58. The molecular formula is C12H22ClNOS. The van der Waals surface area contributed by atoms with Crippen LogP contribution in [0.4, 0.5) is 0 Å². The minimum Gasteiger partial charge on any atom is -0.340 e. The summed E-state index contributed by atoms with van der Waals surface area (Å²) >= 11 is 7.58. The summed E-state index contributed by atoms with van der Waals surface area (Å²) in [5, 5.41) is 0. The Morgan fingerprint density at radius 1 is 1.50 bits per heavy atom. The number of alkyl halides is 1. The summed E-state index contributed by atoms with van der Waals surface area (Å²) in [6.07, 6.45) is 4.37. The molecule has 1 rings (SSSR count). The first-order valence-corrected chi connectivity index (χ1v) is 7.65. The van der Waals surface area contributed by atoms with E-state index in [2.05, 4.69) is 13.8 Å². The molecule has 1 aliphatic heterocycles. The fourth-order valence-electron chi connectivity index (χ4n) is 2.05. The number of nitrogens with zero attached hydrogens (tertiary/aromatic N) is 1. The average Bonchev–Trinajstić information content (AvgIpc) is 2.72. The molecule has 0 bridgehead atoms. The van der Waals surface area contributed by atoms with Crippen LogP contribution in [0.25, 0.3) is 0 Å². The molecule has 0 aliphatic carbocycles. The Morgan fingerprint density at radius 3 is 2.75 bits per heavy atom. The second kappa shape index (κ2) is 6.75. The molecule has 16 heavy (non-hydrogen) atoms. The van der Waals surface area contributed by atoms with Crippen LogP contribution in [-0.4, -0.2) is 40.3 Å². The van der Waals surface area contributed by atoms with Crippen molar-refractivity contribution in [2.24, 2.45) is 0 Å². The van der Waals surface area contributed by atoms with Gasteiger partial charge < -0.3 is 4.90 Å². The van der Waals surface area contributed by atoms with Crippen LogP contribution in [0.3, 0.4) is 0 Å². The molecule has 94 valence electrons. The summed E-state index contributed by atoms with van der Waals surface area (Å²) in [5.41, 5.74) is 0. The number of rotatable bonds is 6. The highest BCUT2D eigenvalue weighted by Crippen LogP contribution is 2.39. The van der Waals surface area contributed by atoms with E-state index in [0.29, 0.717) is 18.3 Å². The lowest BCUT2D eigenvalue weighted by Gasteiger charge is -2.30. The molecule has 1 heterocycles. The van der Waals surface area contributed by atoms with Crippen LogP contribution in [0, 0.1) is 0 Å². The summed E-state index contributed by atoms with van der Waals surface area (Å²) in [6, 6.07) is 0. The number of halogens is 1. The zero-order valence-electron chi connectivity index (χ0n) is 10.3. The van der Waals surface area contributed by atoms with Crippen LogP contribution < -0.4 is 0 Å². The summed E-state index contributed by atoms with van der Waals surface area (Å²) < 4.78 is -0.181. The Bertz CT molecular complexity index is 229. The maximum atomic E-state index is 12.4. The predicted molar refractivity (Wildman–Crippen MR) is 72.3 cm³/mol. The molecule has 1 amide bonds. The molecule has 1 saturated heterocycles. The fourth-order valence-corrected chi connectivity index (χ4v) is 3.53. The zero-order chi connectivity index (χ0) is 12.0. The lowest BCUT2D eigenvalue weighted by Crippen LogP contribution is -2.45. The quantitative estimate of drug-likeness (QED) is 0.687. The molecule has 1 atom stereocenters. The van der Waals surface area contributed by atoms with Crippen molar-refractivity contribution in [3.63, 3.8) is 0 Å². The predicted octanol–water partition coefficient (Wildman–Crippen LogP) is 3.14. The maximum absolute atomic E-state index is 12.4. The molecule has 1 unspecified atom stereocenters. The maximum Gasteiger partial charge on any atom is 0.238 e. The van der Waals surface area contributed by atoms with Gasteiger partial charge in [0.15, 0.2) is 0 Å². The van der Waals surface area contributed by atoms with Gasteiger partial charge in [0.2, 0.25) is 5.91 Å². The van der Waals surface area contributed by atoms with Crippen molar-refractivity contribution in [1.29, 1.82) is 0 Å². The van der Waals surface area contributed by atoms with Crippen molar-refractivity contribution in [2.75, 3.05) is 24.7 Å². The Kier molecular flexibility index (Phi) is 5.98. The molecule has 0 radical (unpaired) electrons. The van der Waals surface area contributed by atoms with Crippen molar-refractivity contribution in [1.82, 2.24) is 4.90 Å². The summed E-state index contributed by atoms with van der Waals surface area (Å²) in [7, 11) is 0. The van der Waals surface area contributed by atoms with Gasteiger partial charge in [-0.1, -0.05) is 13.3 Å². The van der Waals surface area contributed by atoms with Gasteiger partial charge in [-0.05, 0) is 31.9 Å². The third-order valence-electron chi connectivity index (χ3n) is 3.09. The summed E-state index contributed by atoms with van der Waals surface area (Å²) in [4.78, 5) is 14.4. The lowest BCUT2D eigenvalue weighted by atomic mass is 10.0. The van der Waals surface area contributed by atoms with Gasteiger partial charge in [-0.3, -0.25) is 4.79 Å². The summed E-state index contributed by atoms with van der Waals surface area (Å²) in [6.45, 7) is 5.78. The van der Waals surface area contributed by atoms with Gasteiger partial charge in [-0.25, -0.2) is 0 Å². The van der Waals surface area contributed by atoms with E-state index in [9.17, 15) is 4.79 Å². The van der Waals surface area contributed by atoms with Gasteiger partial charge in [0.05, 0.1) is 4.75 Å². The number of hydrogen-bond acceptors (Lipinski definition) is 2. The van der Waals surface area contributed by atoms with E-state index < -0.39 is 0 Å². The minimum atomic E-state index is -0.181. The molecule has 0 N–H and O–H groups in total. The molecule has 0 aromatic heterocycles. The third kappa shape index (κ3) is 3.56. The monoisotopic (exact) mass is 263 g/mol. The number of carbonyl (C=O) groups excluding carboxylic acids is 1. The number of unbranched alkanes of at least 4 members (excludes halogenated alkanes) is 1. The van der Waals surface area contributed by atoms with Crippen molar-refractivity contribution in [3.05, 3.63) is 0 Å². The van der Waals surface area contributed by atoms with Gasteiger partial charge in [0.1, 0.15) is 0 Å². The van der Waals surface area contributed by atoms with E-state index in [1.54, 1.807) is 11.8 Å². The smallest absolute Gasteiger partial charge is 0.238 e. The number of hydrogen-bond donors (Lipinski definition) is 0. The molecule has 0 aromatic rings. The van der Waals surface area contributed by atoms with E-state index in [1.807, 2.05) is 4.90 Å². The molecule has 2 nitrogen and oxygen atoms in total. The number of amides is 1. The fraction of sp³-hybridized carbons (Fsp3) is 0.917. The van der Waals surface area contributed by atoms with Crippen LogP contribution in [0.5, 0.6) is 0 Å². The van der Waals surface area contributed by atoms with Crippen LogP contribution >= 0.6 is 23.4 Å². The normalized spacial score (nSPS) is 24.7. The summed E-state index contributed by atoms with van der Waals surface area (Å²) in [5.74, 6) is 1.95. The third-order valence-corrected chi connectivity index (χ3v) is 4.77. The highest BCUT2D eigenvalue weighted by Gasteiger charge is 2.39. The first kappa shape index (κ1) is 14.2. The van der Waals surface area contributed by atoms with Gasteiger partial charge >= 0.3 is 0 Å². The molecule has 0 spiro atoms. The molecule has 4 heteroatoms. The lowest BCUT2D eigenvalue weighted by molar-refractivity contribution is -0.133. The van der Waals surface area contributed by atoms with E-state index in [4.69, 9.17) is 11.6 Å². The van der Waals surface area contributed by atoms with Crippen molar-refractivity contribution in [2.45, 2.75) is 44.3 Å². The van der Waals surface area contributed by atoms with Crippen molar-refractivity contribution < 1.29 is 4.79 Å². The molecule has 1 fully saturated rings. The average molecular weight is 264 g/mol. The second-order valence-corrected chi connectivity index (χ2v) is 6.49. The Hall–Kier alpha value is 0.110. The van der Waals surface area contributed by atoms with Crippen LogP contribution in [0.1, 0.15) is 39.5 Å². The van der Waals surface area contributed by atoms with Crippen molar-refractivity contribution >= 4 is 29.3 Å². The highest BCUT2D eigenvalue weighted by atomic mass is 35.5. The zero-order valence-corrected chi connectivity index (χ0v) is 11.9.